The molecule has 3 N–H and O–H groups in total. The summed E-state index contributed by atoms with van der Waals surface area (Å²) in [4.78, 5) is 31.9. The monoisotopic (exact) mass is 575 g/mol. The number of hydrogen-bond donors (Lipinski definition) is 3. The van der Waals surface area contributed by atoms with E-state index in [0.29, 0.717) is 36.2 Å². The summed E-state index contributed by atoms with van der Waals surface area (Å²) < 4.78 is 7.02. The third kappa shape index (κ3) is 5.87. The Morgan fingerprint density at radius 2 is 1.98 bits per heavy atom. The van der Waals surface area contributed by atoms with Gasteiger partial charge in [0.05, 0.1) is 31.6 Å². The molecule has 5 rings (SSSR count). The number of aliphatic hydroxyl groups is 1. The molecule has 1 unspecified atom stereocenters. The molecule has 0 bridgehead atoms. The molecule has 224 valence electrons. The minimum Gasteiger partial charge on any atom is -0.478 e. The van der Waals surface area contributed by atoms with Gasteiger partial charge in [0.15, 0.2) is 0 Å². The van der Waals surface area contributed by atoms with E-state index in [-0.39, 0.29) is 24.1 Å². The highest BCUT2D eigenvalue weighted by molar-refractivity contribution is 5.96. The van der Waals surface area contributed by atoms with Crippen molar-refractivity contribution < 1.29 is 14.6 Å². The van der Waals surface area contributed by atoms with Crippen LogP contribution in [0.25, 0.3) is 5.57 Å². The van der Waals surface area contributed by atoms with Crippen LogP contribution in [0.5, 0.6) is 5.88 Å². The topological polar surface area (TPSA) is 134 Å². The van der Waals surface area contributed by atoms with E-state index in [4.69, 9.17) is 9.72 Å². The van der Waals surface area contributed by atoms with Crippen LogP contribution in [0.15, 0.2) is 30.7 Å². The fraction of sp³-hybridized carbons (Fsp3) is 0.500. The summed E-state index contributed by atoms with van der Waals surface area (Å²) in [5.74, 6) is 1.44. The Morgan fingerprint density at radius 1 is 1.21 bits per heavy atom. The molecule has 2 aliphatic rings. The van der Waals surface area contributed by atoms with Crippen LogP contribution >= 0.6 is 0 Å². The van der Waals surface area contributed by atoms with E-state index in [0.717, 1.165) is 54.1 Å². The van der Waals surface area contributed by atoms with E-state index in [1.165, 1.54) is 0 Å². The van der Waals surface area contributed by atoms with Gasteiger partial charge in [0.2, 0.25) is 11.9 Å². The van der Waals surface area contributed by atoms with E-state index in [1.54, 1.807) is 24.2 Å². The Balaban J connectivity index is 1.32. The number of anilines is 3. The molecule has 12 nitrogen and oxygen atoms in total. The number of piperazine rings is 1. The second-order valence-electron chi connectivity index (χ2n) is 11.5. The van der Waals surface area contributed by atoms with Crippen molar-refractivity contribution in [1.82, 2.24) is 34.5 Å². The van der Waals surface area contributed by atoms with Crippen molar-refractivity contribution in [2.24, 2.45) is 7.05 Å². The van der Waals surface area contributed by atoms with Crippen molar-refractivity contribution in [3.63, 3.8) is 0 Å². The Hall–Kier alpha value is -3.87. The van der Waals surface area contributed by atoms with Gasteiger partial charge in [-0.05, 0) is 50.8 Å². The molecule has 1 aliphatic heterocycles. The number of ether oxygens (including phenoxy) is 1. The summed E-state index contributed by atoms with van der Waals surface area (Å²) >= 11 is 0. The fourth-order valence-corrected chi connectivity index (χ4v) is 5.75. The van der Waals surface area contributed by atoms with Crippen LogP contribution in [0.2, 0.25) is 0 Å². The first-order valence-corrected chi connectivity index (χ1v) is 14.4. The molecule has 1 aliphatic carbocycles. The molecular weight excluding hydrogens is 534 g/mol. The number of amides is 1. The van der Waals surface area contributed by atoms with Crippen molar-refractivity contribution in [1.29, 1.82) is 0 Å². The molecule has 1 saturated heterocycles. The SMILES string of the molecule is CCC(C(=O)Nc1nccc2c1CC=C2c1nc(Nc2cn(C)nc2OC)ncc1C)N1CCN(C(C)(C)CO)CC1. The third-order valence-electron chi connectivity index (χ3n) is 8.25. The summed E-state index contributed by atoms with van der Waals surface area (Å²) in [6.07, 6.45) is 8.81. The largest absolute Gasteiger partial charge is 0.478 e. The molecule has 3 aromatic rings. The van der Waals surface area contributed by atoms with Gasteiger partial charge in [0.1, 0.15) is 11.5 Å². The first kappa shape index (κ1) is 29.6. The van der Waals surface area contributed by atoms with E-state index < -0.39 is 0 Å². The van der Waals surface area contributed by atoms with Gasteiger partial charge < -0.3 is 20.5 Å². The van der Waals surface area contributed by atoms with Gasteiger partial charge in [-0.15, -0.1) is 5.10 Å². The minimum atomic E-state index is -0.264. The van der Waals surface area contributed by atoms with Crippen LogP contribution in [0.3, 0.4) is 0 Å². The standard InChI is InChI=1S/C30H41N9O3/c1-7-24(38-12-14-39(15-13-38)30(3,4)18-40)27(41)35-26-22-9-8-21(20(22)10-11-31-26)25-19(2)16-32-29(34-25)33-23-17-37(5)36-28(23)42-6/h8,10-11,16-17,24,40H,7,9,12-15,18H2,1-6H3,(H,31,35,41)(H,32,33,34). The van der Waals surface area contributed by atoms with Gasteiger partial charge in [0.25, 0.3) is 5.88 Å². The lowest BCUT2D eigenvalue weighted by Crippen LogP contribution is -2.59. The molecule has 0 saturated carbocycles. The number of aliphatic hydroxyl groups excluding tert-OH is 1. The number of hydrogen-bond acceptors (Lipinski definition) is 10. The lowest BCUT2D eigenvalue weighted by Gasteiger charge is -2.44. The van der Waals surface area contributed by atoms with Crippen LogP contribution in [-0.2, 0) is 18.3 Å². The second-order valence-corrected chi connectivity index (χ2v) is 11.5. The second kappa shape index (κ2) is 12.2. The lowest BCUT2D eigenvalue weighted by atomic mass is 10.0. The van der Waals surface area contributed by atoms with Crippen molar-refractivity contribution in [3.8, 4) is 5.88 Å². The van der Waals surface area contributed by atoms with Gasteiger partial charge >= 0.3 is 0 Å². The summed E-state index contributed by atoms with van der Waals surface area (Å²) in [6, 6.07) is 1.72. The number of fused-ring (bicyclic) bond motifs is 1. The summed E-state index contributed by atoms with van der Waals surface area (Å²) in [7, 11) is 3.39. The Kier molecular flexibility index (Phi) is 8.58. The zero-order valence-corrected chi connectivity index (χ0v) is 25.3. The summed E-state index contributed by atoms with van der Waals surface area (Å²) in [6.45, 7) is 11.4. The van der Waals surface area contributed by atoms with Gasteiger partial charge in [0, 0.05) is 62.3 Å². The first-order valence-electron chi connectivity index (χ1n) is 14.4. The number of carbonyl (C=O) groups excluding carboxylic acids is 1. The molecule has 0 spiro atoms. The molecule has 4 heterocycles. The normalized spacial score (nSPS) is 16.6. The van der Waals surface area contributed by atoms with Crippen LogP contribution in [-0.4, -0.2) is 97.0 Å². The molecule has 1 atom stereocenters. The number of carbonyl (C=O) groups is 1. The molecule has 12 heteroatoms. The summed E-state index contributed by atoms with van der Waals surface area (Å²) in [5, 5.41) is 20.4. The third-order valence-corrected chi connectivity index (χ3v) is 8.25. The maximum Gasteiger partial charge on any atom is 0.256 e. The zero-order chi connectivity index (χ0) is 30.0. The number of nitrogens with one attached hydrogen (secondary N) is 2. The first-order chi connectivity index (χ1) is 20.1. The van der Waals surface area contributed by atoms with Crippen LogP contribution in [0.1, 0.15) is 49.6 Å². The average Bonchev–Trinajstić information content (AvgIpc) is 3.58. The minimum absolute atomic E-state index is 0.0446. The Bertz CT molecular complexity index is 1470. The Morgan fingerprint density at radius 3 is 2.67 bits per heavy atom. The van der Waals surface area contributed by atoms with E-state index >= 15 is 0 Å². The molecule has 42 heavy (non-hydrogen) atoms. The van der Waals surface area contributed by atoms with Crippen molar-refractivity contribution >= 4 is 28.9 Å². The number of aryl methyl sites for hydroxylation is 2. The van der Waals surface area contributed by atoms with Crippen LogP contribution in [0.4, 0.5) is 17.5 Å². The highest BCUT2D eigenvalue weighted by Crippen LogP contribution is 2.37. The number of allylic oxidation sites excluding steroid dienone is 1. The predicted octanol–water partition coefficient (Wildman–Crippen LogP) is 2.76. The van der Waals surface area contributed by atoms with E-state index in [9.17, 15) is 9.90 Å². The molecular formula is C30H41N9O3. The molecule has 0 radical (unpaired) electrons. The Labute approximate surface area is 246 Å². The number of nitrogens with zero attached hydrogens (tertiary/aromatic N) is 7. The lowest BCUT2D eigenvalue weighted by molar-refractivity contribution is -0.122. The van der Waals surface area contributed by atoms with Crippen LogP contribution in [0, 0.1) is 6.92 Å². The molecule has 1 fully saturated rings. The fourth-order valence-electron chi connectivity index (χ4n) is 5.75. The quantitative estimate of drug-likeness (QED) is 0.331. The average molecular weight is 576 g/mol. The van der Waals surface area contributed by atoms with E-state index in [1.807, 2.05) is 33.2 Å². The number of aromatic nitrogens is 5. The molecule has 3 aromatic heterocycles. The highest BCUT2D eigenvalue weighted by atomic mass is 16.5. The number of rotatable bonds is 10. The van der Waals surface area contributed by atoms with Gasteiger partial charge in [-0.2, -0.15) is 0 Å². The van der Waals surface area contributed by atoms with Crippen molar-refractivity contribution in [3.05, 3.63) is 53.1 Å². The maximum atomic E-state index is 13.5. The molecule has 1 amide bonds. The van der Waals surface area contributed by atoms with Crippen molar-refractivity contribution in [2.75, 3.05) is 50.5 Å². The maximum absolute atomic E-state index is 13.5. The van der Waals surface area contributed by atoms with Gasteiger partial charge in [-0.3, -0.25) is 19.3 Å². The van der Waals surface area contributed by atoms with Crippen LogP contribution < -0.4 is 15.4 Å². The van der Waals surface area contributed by atoms with E-state index in [2.05, 4.69) is 55.4 Å². The number of methoxy groups -OCH3 is 1. The zero-order valence-electron chi connectivity index (χ0n) is 25.3. The van der Waals surface area contributed by atoms with Gasteiger partial charge in [-0.25, -0.2) is 15.0 Å². The number of pyridine rings is 1. The predicted molar refractivity (Wildman–Crippen MR) is 162 cm³/mol. The van der Waals surface area contributed by atoms with Crippen molar-refractivity contribution in [2.45, 2.75) is 52.1 Å². The smallest absolute Gasteiger partial charge is 0.256 e. The highest BCUT2D eigenvalue weighted by Gasteiger charge is 2.34. The van der Waals surface area contributed by atoms with Gasteiger partial charge in [-0.1, -0.05) is 13.0 Å². The summed E-state index contributed by atoms with van der Waals surface area (Å²) in [5.41, 5.74) is 5.13. The molecule has 0 aromatic carbocycles.